The Balaban J connectivity index is 1.59. The van der Waals surface area contributed by atoms with Crippen LogP contribution in [-0.4, -0.2) is 32.7 Å². The number of alkyl halides is 2. The number of benzene rings is 2. The number of hydrogen-bond acceptors (Lipinski definition) is 5. The van der Waals surface area contributed by atoms with Crippen LogP contribution in [0, 0.1) is 0 Å². The number of amides is 1. The topological polar surface area (TPSA) is 81.9 Å². The van der Waals surface area contributed by atoms with Gasteiger partial charge in [0, 0.05) is 15.7 Å². The van der Waals surface area contributed by atoms with Crippen LogP contribution in [0.15, 0.2) is 53.0 Å². The molecule has 1 heterocycles. The number of anilines is 1. The number of rotatable bonds is 6. The summed E-state index contributed by atoms with van der Waals surface area (Å²) >= 11 is 3.34. The van der Waals surface area contributed by atoms with Crippen LogP contribution in [0.5, 0.6) is 5.75 Å². The number of nitrogens with zero attached hydrogens (tertiary/aromatic N) is 4. The summed E-state index contributed by atoms with van der Waals surface area (Å²) in [4.78, 5) is 13.2. The molecular formula is C16H12BrF2N5O2. The monoisotopic (exact) mass is 423 g/mol. The van der Waals surface area contributed by atoms with Crippen molar-refractivity contribution in [3.05, 3.63) is 53.0 Å². The highest BCUT2D eigenvalue weighted by Crippen LogP contribution is 2.18. The molecule has 0 saturated heterocycles. The second-order valence-corrected chi connectivity index (χ2v) is 6.02. The average Bonchev–Trinajstić information content (AvgIpc) is 3.05. The van der Waals surface area contributed by atoms with Gasteiger partial charge in [0.2, 0.25) is 11.7 Å². The highest BCUT2D eigenvalue weighted by Gasteiger charge is 2.10. The maximum atomic E-state index is 12.1. The van der Waals surface area contributed by atoms with Crippen LogP contribution in [0.25, 0.3) is 11.4 Å². The van der Waals surface area contributed by atoms with Crippen LogP contribution < -0.4 is 10.1 Å². The van der Waals surface area contributed by atoms with Gasteiger partial charge in [0.1, 0.15) is 12.3 Å². The van der Waals surface area contributed by atoms with E-state index in [4.69, 9.17) is 0 Å². The first-order chi connectivity index (χ1) is 12.5. The fraction of sp³-hybridized carbons (Fsp3) is 0.125. The number of aromatic nitrogens is 4. The molecule has 0 aliphatic carbocycles. The summed E-state index contributed by atoms with van der Waals surface area (Å²) in [5.41, 5.74) is 1.21. The minimum Gasteiger partial charge on any atom is -0.435 e. The number of hydrogen-bond donors (Lipinski definition) is 1. The molecule has 0 saturated carbocycles. The van der Waals surface area contributed by atoms with E-state index in [1.807, 2.05) is 24.3 Å². The molecule has 2 aromatic carbocycles. The molecule has 0 aliphatic rings. The highest BCUT2D eigenvalue weighted by atomic mass is 79.9. The summed E-state index contributed by atoms with van der Waals surface area (Å²) in [6.07, 6.45) is 0. The number of tetrazole rings is 1. The number of ether oxygens (including phenoxy) is 1. The van der Waals surface area contributed by atoms with E-state index in [0.29, 0.717) is 11.5 Å². The van der Waals surface area contributed by atoms with E-state index in [-0.39, 0.29) is 18.2 Å². The first-order valence-corrected chi connectivity index (χ1v) is 8.17. The van der Waals surface area contributed by atoms with Gasteiger partial charge in [-0.2, -0.15) is 13.6 Å². The van der Waals surface area contributed by atoms with E-state index in [9.17, 15) is 13.6 Å². The lowest BCUT2D eigenvalue weighted by atomic mass is 10.2. The van der Waals surface area contributed by atoms with Gasteiger partial charge in [-0.25, -0.2) is 0 Å². The second-order valence-electron chi connectivity index (χ2n) is 5.10. The van der Waals surface area contributed by atoms with Crippen molar-refractivity contribution in [3.8, 4) is 17.1 Å². The summed E-state index contributed by atoms with van der Waals surface area (Å²) < 4.78 is 29.4. The predicted molar refractivity (Wildman–Crippen MR) is 92.7 cm³/mol. The summed E-state index contributed by atoms with van der Waals surface area (Å²) in [6, 6.07) is 12.9. The largest absolute Gasteiger partial charge is 0.435 e. The number of carbonyl (C=O) groups is 1. The van der Waals surface area contributed by atoms with Gasteiger partial charge in [-0.3, -0.25) is 4.79 Å². The molecule has 0 unspecified atom stereocenters. The lowest BCUT2D eigenvalue weighted by Gasteiger charge is -2.07. The Kier molecular flexibility index (Phi) is 5.52. The van der Waals surface area contributed by atoms with Gasteiger partial charge < -0.3 is 10.1 Å². The molecule has 134 valence electrons. The molecule has 3 rings (SSSR count). The molecule has 3 aromatic rings. The van der Waals surface area contributed by atoms with Crippen LogP contribution in [-0.2, 0) is 11.3 Å². The minimum atomic E-state index is -2.89. The lowest BCUT2D eigenvalue weighted by molar-refractivity contribution is -0.117. The molecule has 0 aliphatic heterocycles. The molecule has 0 fully saturated rings. The third-order valence-corrected chi connectivity index (χ3v) is 3.73. The summed E-state index contributed by atoms with van der Waals surface area (Å²) in [5, 5.41) is 14.5. The number of halogens is 3. The van der Waals surface area contributed by atoms with Crippen LogP contribution in [0.2, 0.25) is 0 Å². The van der Waals surface area contributed by atoms with Gasteiger partial charge in [-0.15, -0.1) is 10.2 Å². The zero-order valence-electron chi connectivity index (χ0n) is 13.1. The maximum absolute atomic E-state index is 12.1. The zero-order chi connectivity index (χ0) is 18.5. The summed E-state index contributed by atoms with van der Waals surface area (Å²) in [7, 11) is 0. The maximum Gasteiger partial charge on any atom is 0.387 e. The van der Waals surface area contributed by atoms with E-state index in [1.165, 1.54) is 29.1 Å². The van der Waals surface area contributed by atoms with Gasteiger partial charge >= 0.3 is 6.61 Å². The molecule has 26 heavy (non-hydrogen) atoms. The van der Waals surface area contributed by atoms with Crippen molar-refractivity contribution in [2.24, 2.45) is 0 Å². The average molecular weight is 424 g/mol. The Bertz CT molecular complexity index is 884. The third kappa shape index (κ3) is 4.82. The summed E-state index contributed by atoms with van der Waals surface area (Å²) in [5.74, 6) is 0.0289. The molecule has 0 atom stereocenters. The molecule has 1 amide bonds. The first kappa shape index (κ1) is 17.9. The zero-order valence-corrected chi connectivity index (χ0v) is 14.7. The fourth-order valence-corrected chi connectivity index (χ4v) is 2.34. The Labute approximate surface area is 155 Å². The number of carbonyl (C=O) groups excluding carboxylic acids is 1. The predicted octanol–water partition coefficient (Wildman–Crippen LogP) is 3.34. The first-order valence-electron chi connectivity index (χ1n) is 7.38. The van der Waals surface area contributed by atoms with Crippen molar-refractivity contribution < 1.29 is 18.3 Å². The highest BCUT2D eigenvalue weighted by molar-refractivity contribution is 9.10. The van der Waals surface area contributed by atoms with Gasteiger partial charge in [0.15, 0.2) is 0 Å². The molecule has 7 nitrogen and oxygen atoms in total. The minimum absolute atomic E-state index is 0.00933. The Morgan fingerprint density at radius 3 is 2.50 bits per heavy atom. The fourth-order valence-electron chi connectivity index (χ4n) is 2.07. The molecule has 1 N–H and O–H groups in total. The van der Waals surface area contributed by atoms with Crippen LogP contribution in [0.1, 0.15) is 0 Å². The van der Waals surface area contributed by atoms with Crippen LogP contribution in [0.3, 0.4) is 0 Å². The molecule has 0 spiro atoms. The van der Waals surface area contributed by atoms with E-state index in [1.54, 1.807) is 0 Å². The van der Waals surface area contributed by atoms with Gasteiger partial charge in [0.25, 0.3) is 0 Å². The van der Waals surface area contributed by atoms with E-state index in [0.717, 1.165) is 10.0 Å². The Hall–Kier alpha value is -2.88. The van der Waals surface area contributed by atoms with Crippen molar-refractivity contribution in [1.82, 2.24) is 20.2 Å². The lowest BCUT2D eigenvalue weighted by Crippen LogP contribution is -2.20. The van der Waals surface area contributed by atoms with Gasteiger partial charge in [-0.05, 0) is 53.7 Å². The molecule has 0 radical (unpaired) electrons. The van der Waals surface area contributed by atoms with Crippen molar-refractivity contribution in [3.63, 3.8) is 0 Å². The number of nitrogens with one attached hydrogen (secondary N) is 1. The van der Waals surface area contributed by atoms with E-state index in [2.05, 4.69) is 41.4 Å². The quantitative estimate of drug-likeness (QED) is 0.657. The standard InChI is InChI=1S/C16H12BrF2N5O2/c17-11-3-1-10(2-4-11)15-21-23-24(22-15)9-14(25)20-12-5-7-13(8-6-12)26-16(18)19/h1-8,16H,9H2,(H,20,25). The van der Waals surface area contributed by atoms with Crippen LogP contribution in [0.4, 0.5) is 14.5 Å². The van der Waals surface area contributed by atoms with Gasteiger partial charge in [-0.1, -0.05) is 15.9 Å². The Morgan fingerprint density at radius 1 is 1.15 bits per heavy atom. The molecular weight excluding hydrogens is 412 g/mol. The van der Waals surface area contributed by atoms with Crippen molar-refractivity contribution in [2.75, 3.05) is 5.32 Å². The SMILES string of the molecule is O=C(Cn1nnc(-c2ccc(Br)cc2)n1)Nc1ccc(OC(F)F)cc1. The normalized spacial score (nSPS) is 10.8. The third-order valence-electron chi connectivity index (χ3n) is 3.20. The summed E-state index contributed by atoms with van der Waals surface area (Å²) in [6.45, 7) is -3.03. The molecule has 0 bridgehead atoms. The van der Waals surface area contributed by atoms with Crippen molar-refractivity contribution in [1.29, 1.82) is 0 Å². The van der Waals surface area contributed by atoms with Crippen molar-refractivity contribution in [2.45, 2.75) is 13.2 Å². The van der Waals surface area contributed by atoms with Crippen molar-refractivity contribution >= 4 is 27.5 Å². The molecule has 10 heteroatoms. The van der Waals surface area contributed by atoms with Gasteiger partial charge in [0.05, 0.1) is 0 Å². The van der Waals surface area contributed by atoms with E-state index >= 15 is 0 Å². The second kappa shape index (κ2) is 8.00. The smallest absolute Gasteiger partial charge is 0.387 e. The van der Waals surface area contributed by atoms with Crippen LogP contribution >= 0.6 is 15.9 Å². The van der Waals surface area contributed by atoms with E-state index < -0.39 is 6.61 Å². The molecule has 1 aromatic heterocycles. The Morgan fingerprint density at radius 2 is 1.85 bits per heavy atom.